The van der Waals surface area contributed by atoms with Crippen molar-refractivity contribution in [2.45, 2.75) is 25.1 Å². The van der Waals surface area contributed by atoms with E-state index in [1.165, 1.54) is 11.5 Å². The van der Waals surface area contributed by atoms with E-state index in [0.717, 1.165) is 17.3 Å². The number of amides is 2. The molecule has 0 saturated carbocycles. The fraction of sp³-hybridized carbons (Fsp3) is 0.364. The number of rotatable bonds is 11. The van der Waals surface area contributed by atoms with E-state index in [-0.39, 0.29) is 30.8 Å². The number of amidine groups is 2. The van der Waals surface area contributed by atoms with E-state index >= 15 is 0 Å². The van der Waals surface area contributed by atoms with Crippen LogP contribution in [0.1, 0.15) is 12.5 Å². The molecule has 8 N–H and O–H groups in total. The number of β-lactam (4-membered cyclic amide) rings is 1. The van der Waals surface area contributed by atoms with Gasteiger partial charge in [0.2, 0.25) is 5.91 Å². The molecule has 196 valence electrons. The summed E-state index contributed by atoms with van der Waals surface area (Å²) in [6, 6.07) is 6.21. The van der Waals surface area contributed by atoms with Gasteiger partial charge in [-0.3, -0.25) is 19.6 Å². The van der Waals surface area contributed by atoms with Gasteiger partial charge in [-0.1, -0.05) is 16.9 Å². The van der Waals surface area contributed by atoms with Crippen LogP contribution in [-0.4, -0.2) is 80.8 Å². The third-order valence-corrected chi connectivity index (χ3v) is 5.39. The van der Waals surface area contributed by atoms with E-state index in [0.29, 0.717) is 16.8 Å². The van der Waals surface area contributed by atoms with Crippen LogP contribution in [0.25, 0.3) is 0 Å². The van der Waals surface area contributed by atoms with Gasteiger partial charge in [-0.15, -0.1) is 0 Å². The van der Waals surface area contributed by atoms with Crippen LogP contribution in [0.15, 0.2) is 50.9 Å². The number of aliphatic imine (C=N–C) groups is 2. The van der Waals surface area contributed by atoms with Gasteiger partial charge in [0.1, 0.15) is 31.0 Å². The van der Waals surface area contributed by atoms with Gasteiger partial charge in [0.15, 0.2) is 17.0 Å². The van der Waals surface area contributed by atoms with Crippen molar-refractivity contribution < 1.29 is 24.0 Å². The lowest BCUT2D eigenvalue weighted by molar-refractivity contribution is -0.134. The predicted molar refractivity (Wildman–Crippen MR) is 141 cm³/mol. The maximum Gasteiger partial charge on any atom is 0.274 e. The molecular formula is C22H32N8O5S. The molecule has 1 unspecified atom stereocenters. The molecule has 1 aromatic carbocycles. The Morgan fingerprint density at radius 1 is 1.25 bits per heavy atom. The number of nitrogens with two attached hydrogens (primary N) is 3. The minimum absolute atomic E-state index is 0.0690. The van der Waals surface area contributed by atoms with Crippen molar-refractivity contribution in [3.63, 3.8) is 0 Å². The quantitative estimate of drug-likeness (QED) is 0.106. The monoisotopic (exact) mass is 520 g/mol. The largest absolute Gasteiger partial charge is 0.490 e. The summed E-state index contributed by atoms with van der Waals surface area (Å²) in [5.74, 6) is 0.139. The average molecular weight is 521 g/mol. The molecule has 1 aromatic rings. The third kappa shape index (κ3) is 9.38. The first-order valence-electron chi connectivity index (χ1n) is 10.6. The molecule has 2 rings (SSSR count). The SMILES string of the molecule is C=O.CN=C(N)S/C=C/C(=N/OC(CN)COc1ccc(C(N)=NC)cc1)C(=O)N[C@@H]1C(=O)N[C@H]1C. The molecule has 2 amide bonds. The first kappa shape index (κ1) is 30.1. The number of hydrogen-bond acceptors (Lipinski definition) is 10. The molecule has 0 aliphatic carbocycles. The molecular weight excluding hydrogens is 488 g/mol. The second kappa shape index (κ2) is 15.9. The maximum absolute atomic E-state index is 12.7. The molecule has 1 heterocycles. The molecule has 1 saturated heterocycles. The zero-order chi connectivity index (χ0) is 27.1. The Kier molecular flexibility index (Phi) is 13.3. The number of carbonyl (C=O) groups is 3. The Balaban J connectivity index is 0.00000316. The first-order valence-corrected chi connectivity index (χ1v) is 11.5. The first-order chi connectivity index (χ1) is 17.3. The highest BCUT2D eigenvalue weighted by molar-refractivity contribution is 8.16. The molecule has 1 aliphatic heterocycles. The molecule has 14 heteroatoms. The summed E-state index contributed by atoms with van der Waals surface area (Å²) in [5.41, 5.74) is 17.9. The second-order valence-electron chi connectivity index (χ2n) is 7.11. The Labute approximate surface area is 213 Å². The van der Waals surface area contributed by atoms with Gasteiger partial charge in [0.05, 0.1) is 6.04 Å². The van der Waals surface area contributed by atoms with Gasteiger partial charge in [0.25, 0.3) is 5.91 Å². The van der Waals surface area contributed by atoms with E-state index in [9.17, 15) is 9.59 Å². The van der Waals surface area contributed by atoms with Gasteiger partial charge in [-0.05, 0) is 42.7 Å². The van der Waals surface area contributed by atoms with E-state index in [4.69, 9.17) is 31.6 Å². The number of oxime groups is 1. The highest BCUT2D eigenvalue weighted by Gasteiger charge is 2.37. The average Bonchev–Trinajstić information content (AvgIpc) is 2.91. The van der Waals surface area contributed by atoms with Crippen LogP contribution in [0.3, 0.4) is 0 Å². The van der Waals surface area contributed by atoms with Crippen LogP contribution in [0.5, 0.6) is 5.75 Å². The summed E-state index contributed by atoms with van der Waals surface area (Å²) >= 11 is 1.10. The highest BCUT2D eigenvalue weighted by Crippen LogP contribution is 2.13. The van der Waals surface area contributed by atoms with Crippen LogP contribution in [-0.2, 0) is 19.2 Å². The van der Waals surface area contributed by atoms with Crippen molar-refractivity contribution >= 4 is 47.1 Å². The number of thioether (sulfide) groups is 1. The third-order valence-electron chi connectivity index (χ3n) is 4.70. The fourth-order valence-corrected chi connectivity index (χ4v) is 3.06. The van der Waals surface area contributed by atoms with Crippen molar-refractivity contribution in [1.29, 1.82) is 0 Å². The fourth-order valence-electron chi connectivity index (χ4n) is 2.62. The number of hydrogen-bond donors (Lipinski definition) is 5. The Morgan fingerprint density at radius 2 is 1.92 bits per heavy atom. The summed E-state index contributed by atoms with van der Waals surface area (Å²) in [4.78, 5) is 45.5. The number of carbonyl (C=O) groups excluding carboxylic acids is 3. The number of benzene rings is 1. The Morgan fingerprint density at radius 3 is 2.44 bits per heavy atom. The zero-order valence-corrected chi connectivity index (χ0v) is 21.2. The molecule has 0 aromatic heterocycles. The predicted octanol–water partition coefficient (Wildman–Crippen LogP) is -0.890. The standard InChI is InChI=1S/C21H30N8O4S.CH2O/c1-12-17(20(31)27-12)28-19(30)16(8-9-34-21(24)26-3)29-33-15(10-22)11-32-14-6-4-13(5-7-14)18(23)25-2;1-2/h4-9,12,15,17H,10-11,22H2,1-3H3,(H2,23,25)(H2,24,26)(H,27,31)(H,28,30);1H2/b9-8+,29-16-;/t12-,15?,17-;/m0./s1. The lowest BCUT2D eigenvalue weighted by Crippen LogP contribution is -2.68. The molecule has 0 radical (unpaired) electrons. The second-order valence-corrected chi connectivity index (χ2v) is 8.04. The van der Waals surface area contributed by atoms with Crippen molar-refractivity contribution in [1.82, 2.24) is 10.6 Å². The van der Waals surface area contributed by atoms with Crippen LogP contribution < -0.4 is 32.6 Å². The van der Waals surface area contributed by atoms with Gasteiger partial charge >= 0.3 is 0 Å². The molecule has 3 atom stereocenters. The molecule has 0 spiro atoms. The van der Waals surface area contributed by atoms with E-state index in [2.05, 4.69) is 25.8 Å². The van der Waals surface area contributed by atoms with Crippen molar-refractivity contribution in [3.05, 3.63) is 41.3 Å². The van der Waals surface area contributed by atoms with Crippen molar-refractivity contribution in [2.24, 2.45) is 32.3 Å². The van der Waals surface area contributed by atoms with Crippen LogP contribution in [0, 0.1) is 0 Å². The van der Waals surface area contributed by atoms with Gasteiger partial charge in [0, 0.05) is 26.2 Å². The van der Waals surface area contributed by atoms with E-state index in [1.54, 1.807) is 45.3 Å². The summed E-state index contributed by atoms with van der Waals surface area (Å²) in [5, 5.41) is 11.0. The molecule has 1 fully saturated rings. The molecule has 1 aliphatic rings. The highest BCUT2D eigenvalue weighted by atomic mass is 32.2. The van der Waals surface area contributed by atoms with Crippen molar-refractivity contribution in [3.8, 4) is 5.75 Å². The maximum atomic E-state index is 12.7. The lowest BCUT2D eigenvalue weighted by atomic mass is 10.0. The Bertz CT molecular complexity index is 997. The molecule has 36 heavy (non-hydrogen) atoms. The smallest absolute Gasteiger partial charge is 0.274 e. The topological polar surface area (TPSA) is 209 Å². The summed E-state index contributed by atoms with van der Waals surface area (Å²) in [7, 11) is 3.16. The van der Waals surface area contributed by atoms with Crippen LogP contribution in [0.2, 0.25) is 0 Å². The minimum atomic E-state index is -0.649. The zero-order valence-electron chi connectivity index (χ0n) is 20.3. The van der Waals surface area contributed by atoms with Crippen molar-refractivity contribution in [2.75, 3.05) is 27.2 Å². The van der Waals surface area contributed by atoms with Gasteiger partial charge in [-0.2, -0.15) is 0 Å². The summed E-state index contributed by atoms with van der Waals surface area (Å²) in [6.07, 6.45) is 0.769. The van der Waals surface area contributed by atoms with E-state index < -0.39 is 18.1 Å². The Hall–Kier alpha value is -3.91. The normalized spacial score (nSPS) is 18.9. The van der Waals surface area contributed by atoms with Gasteiger partial charge in [-0.25, -0.2) is 0 Å². The number of nitrogens with zero attached hydrogens (tertiary/aromatic N) is 3. The van der Waals surface area contributed by atoms with Crippen LogP contribution in [0.4, 0.5) is 0 Å². The lowest BCUT2D eigenvalue weighted by Gasteiger charge is -2.34. The van der Waals surface area contributed by atoms with Gasteiger partial charge < -0.3 is 42.2 Å². The van der Waals surface area contributed by atoms with E-state index in [1.807, 2.05) is 6.79 Å². The van der Waals surface area contributed by atoms with Crippen LogP contribution >= 0.6 is 11.8 Å². The number of ether oxygens (including phenoxy) is 1. The molecule has 13 nitrogen and oxygen atoms in total. The summed E-state index contributed by atoms with van der Waals surface area (Å²) in [6.45, 7) is 3.95. The summed E-state index contributed by atoms with van der Waals surface area (Å²) < 4.78 is 5.70. The number of nitrogens with one attached hydrogen (secondary N) is 2. The minimum Gasteiger partial charge on any atom is -0.490 e. The molecule has 0 bridgehead atoms.